The number of carbonyl (C=O) groups is 1. The highest BCUT2D eigenvalue weighted by molar-refractivity contribution is 8.00. The number of hydrogen-bond acceptors (Lipinski definition) is 5. The lowest BCUT2D eigenvalue weighted by Crippen LogP contribution is -2.50. The second-order valence-electron chi connectivity index (χ2n) is 6.06. The molecule has 0 N–H and O–H groups in total. The van der Waals surface area contributed by atoms with Gasteiger partial charge < -0.3 is 4.90 Å². The Morgan fingerprint density at radius 3 is 2.46 bits per heavy atom. The van der Waals surface area contributed by atoms with Crippen LogP contribution in [0.5, 0.6) is 0 Å². The summed E-state index contributed by atoms with van der Waals surface area (Å²) >= 11 is 8.66. The topological polar surface area (TPSA) is 57.7 Å². The van der Waals surface area contributed by atoms with Gasteiger partial charge in [-0.3, -0.25) is 4.79 Å². The van der Waals surface area contributed by atoms with E-state index in [0.29, 0.717) is 41.5 Å². The summed E-state index contributed by atoms with van der Waals surface area (Å²) < 4.78 is 27.3. The summed E-state index contributed by atoms with van der Waals surface area (Å²) in [5, 5.41) is 0.624. The zero-order valence-electron chi connectivity index (χ0n) is 13.3. The molecule has 1 saturated carbocycles. The molecule has 1 saturated heterocycles. The summed E-state index contributed by atoms with van der Waals surface area (Å²) in [6.45, 7) is 1.61. The first-order chi connectivity index (χ1) is 11.5. The zero-order chi connectivity index (χ0) is 17.2. The molecule has 1 aromatic rings. The lowest BCUT2D eigenvalue weighted by Gasteiger charge is -2.33. The molecule has 0 radical (unpaired) electrons. The normalized spacial score (nSPS) is 20.6. The van der Waals surface area contributed by atoms with Gasteiger partial charge in [0.2, 0.25) is 5.91 Å². The van der Waals surface area contributed by atoms with E-state index in [-0.39, 0.29) is 10.1 Å². The molecular weight excluding hydrogens is 388 g/mol. The minimum Gasteiger partial charge on any atom is -0.339 e. The molecule has 0 spiro atoms. The Hall–Kier alpha value is -0.280. The number of thiophene rings is 1. The molecule has 1 aromatic heterocycles. The monoisotopic (exact) mass is 408 g/mol. The Labute approximate surface area is 156 Å². The van der Waals surface area contributed by atoms with Crippen molar-refractivity contribution in [3.05, 3.63) is 16.5 Å². The molecule has 1 aliphatic heterocycles. The minimum atomic E-state index is -3.49. The van der Waals surface area contributed by atoms with Crippen LogP contribution in [0.3, 0.4) is 0 Å². The summed E-state index contributed by atoms with van der Waals surface area (Å²) in [6, 6.07) is 3.14. The van der Waals surface area contributed by atoms with E-state index in [1.165, 1.54) is 36.1 Å². The summed E-state index contributed by atoms with van der Waals surface area (Å²) in [5.74, 6) is 0.640. The van der Waals surface area contributed by atoms with Gasteiger partial charge in [0, 0.05) is 31.4 Å². The number of halogens is 1. The third kappa shape index (κ3) is 4.27. The highest BCUT2D eigenvalue weighted by Crippen LogP contribution is 2.30. The van der Waals surface area contributed by atoms with Crippen molar-refractivity contribution < 1.29 is 13.2 Å². The summed E-state index contributed by atoms with van der Waals surface area (Å²) in [5.41, 5.74) is 0. The molecule has 0 unspecified atom stereocenters. The zero-order valence-corrected chi connectivity index (χ0v) is 16.5. The molecule has 2 fully saturated rings. The van der Waals surface area contributed by atoms with E-state index < -0.39 is 10.0 Å². The molecule has 24 heavy (non-hydrogen) atoms. The van der Waals surface area contributed by atoms with Gasteiger partial charge in [0.05, 0.1) is 10.1 Å². The van der Waals surface area contributed by atoms with Crippen LogP contribution in [-0.2, 0) is 14.8 Å². The maximum Gasteiger partial charge on any atom is 0.252 e. The van der Waals surface area contributed by atoms with Gasteiger partial charge in [0.1, 0.15) is 4.21 Å². The Balaban J connectivity index is 1.50. The van der Waals surface area contributed by atoms with E-state index in [1.54, 1.807) is 22.7 Å². The van der Waals surface area contributed by atoms with Crippen LogP contribution < -0.4 is 0 Å². The molecule has 2 aliphatic rings. The van der Waals surface area contributed by atoms with Gasteiger partial charge in [0.25, 0.3) is 10.0 Å². The van der Waals surface area contributed by atoms with Gasteiger partial charge in [-0.15, -0.1) is 23.1 Å². The van der Waals surface area contributed by atoms with Crippen molar-refractivity contribution in [2.45, 2.75) is 35.1 Å². The van der Waals surface area contributed by atoms with Crippen LogP contribution >= 0.6 is 34.7 Å². The van der Waals surface area contributed by atoms with Crippen molar-refractivity contribution in [2.24, 2.45) is 0 Å². The van der Waals surface area contributed by atoms with Gasteiger partial charge in [-0.1, -0.05) is 24.4 Å². The predicted octanol–water partition coefficient (Wildman–Crippen LogP) is 2.91. The molecule has 134 valence electrons. The third-order valence-corrected chi connectivity index (χ3v) is 9.43. The number of sulfonamides is 1. The van der Waals surface area contributed by atoms with Crippen molar-refractivity contribution in [3.63, 3.8) is 0 Å². The van der Waals surface area contributed by atoms with Crippen molar-refractivity contribution in [1.29, 1.82) is 0 Å². The number of amides is 1. The van der Waals surface area contributed by atoms with Crippen LogP contribution in [-0.4, -0.2) is 60.7 Å². The number of rotatable bonds is 5. The molecule has 0 atom stereocenters. The van der Waals surface area contributed by atoms with Crippen LogP contribution in [0.15, 0.2) is 16.3 Å². The lowest BCUT2D eigenvalue weighted by molar-refractivity contribution is -0.129. The fraction of sp³-hybridized carbons (Fsp3) is 0.667. The Morgan fingerprint density at radius 1 is 1.21 bits per heavy atom. The molecule has 1 aliphatic carbocycles. The predicted molar refractivity (Wildman–Crippen MR) is 99.4 cm³/mol. The van der Waals surface area contributed by atoms with Gasteiger partial charge in [-0.2, -0.15) is 4.31 Å². The Morgan fingerprint density at radius 2 is 1.88 bits per heavy atom. The van der Waals surface area contributed by atoms with Crippen LogP contribution in [0.4, 0.5) is 0 Å². The lowest BCUT2D eigenvalue weighted by atomic mass is 10.3. The van der Waals surface area contributed by atoms with Gasteiger partial charge in [-0.25, -0.2) is 8.42 Å². The Bertz CT molecular complexity index is 678. The van der Waals surface area contributed by atoms with Crippen LogP contribution in [0.2, 0.25) is 4.34 Å². The highest BCUT2D eigenvalue weighted by atomic mass is 35.5. The van der Waals surface area contributed by atoms with Crippen LogP contribution in [0.25, 0.3) is 0 Å². The number of thioether (sulfide) groups is 1. The SMILES string of the molecule is O=C(CSC1CCCC1)N1CCN(S(=O)(=O)c2ccc(Cl)s2)CC1. The van der Waals surface area contributed by atoms with Gasteiger partial charge >= 0.3 is 0 Å². The molecule has 9 heteroatoms. The first-order valence-electron chi connectivity index (χ1n) is 8.12. The fourth-order valence-electron chi connectivity index (χ4n) is 3.08. The average Bonchev–Trinajstić information content (AvgIpc) is 3.24. The van der Waals surface area contributed by atoms with Crippen molar-refractivity contribution in [1.82, 2.24) is 9.21 Å². The maximum atomic E-state index is 12.5. The van der Waals surface area contributed by atoms with E-state index in [1.807, 2.05) is 0 Å². The maximum absolute atomic E-state index is 12.5. The molecule has 0 bridgehead atoms. The van der Waals surface area contributed by atoms with E-state index in [9.17, 15) is 13.2 Å². The quantitative estimate of drug-likeness (QED) is 0.751. The summed E-state index contributed by atoms with van der Waals surface area (Å²) in [7, 11) is -3.49. The fourth-order valence-corrected chi connectivity index (χ4v) is 7.36. The molecule has 5 nitrogen and oxygen atoms in total. The molecular formula is C15H21ClN2O3S3. The number of nitrogens with zero attached hydrogens (tertiary/aromatic N) is 2. The number of hydrogen-bond donors (Lipinski definition) is 0. The van der Waals surface area contributed by atoms with Crippen molar-refractivity contribution in [3.8, 4) is 0 Å². The summed E-state index contributed by atoms with van der Waals surface area (Å²) in [4.78, 5) is 14.1. The standard InChI is InChI=1S/C15H21ClN2O3S3/c16-13-5-6-15(23-13)24(20,21)18-9-7-17(8-10-18)14(19)11-22-12-3-1-2-4-12/h5-6,12H,1-4,7-11H2. The van der Waals surface area contributed by atoms with Gasteiger partial charge in [0.15, 0.2) is 0 Å². The second-order valence-corrected chi connectivity index (χ2v) is 11.2. The highest BCUT2D eigenvalue weighted by Gasteiger charge is 2.31. The number of carbonyl (C=O) groups excluding carboxylic acids is 1. The van der Waals surface area contributed by atoms with Crippen molar-refractivity contribution in [2.75, 3.05) is 31.9 Å². The molecule has 3 rings (SSSR count). The van der Waals surface area contributed by atoms with E-state index in [4.69, 9.17) is 11.6 Å². The average molecular weight is 409 g/mol. The van der Waals surface area contributed by atoms with Crippen LogP contribution in [0, 0.1) is 0 Å². The van der Waals surface area contributed by atoms with E-state index in [2.05, 4.69) is 0 Å². The van der Waals surface area contributed by atoms with Crippen molar-refractivity contribution >= 4 is 50.6 Å². The van der Waals surface area contributed by atoms with E-state index >= 15 is 0 Å². The molecule has 2 heterocycles. The third-order valence-electron chi connectivity index (χ3n) is 4.48. The minimum absolute atomic E-state index is 0.128. The first kappa shape index (κ1) is 18.5. The molecule has 1 amide bonds. The summed E-state index contributed by atoms with van der Waals surface area (Å²) in [6.07, 6.45) is 4.98. The smallest absolute Gasteiger partial charge is 0.252 e. The Kier molecular flexibility index (Phi) is 6.13. The largest absolute Gasteiger partial charge is 0.339 e. The second kappa shape index (κ2) is 7.95. The van der Waals surface area contributed by atoms with E-state index in [0.717, 1.165) is 11.3 Å². The van der Waals surface area contributed by atoms with Gasteiger partial charge in [-0.05, 0) is 25.0 Å². The first-order valence-corrected chi connectivity index (χ1v) is 11.8. The van der Waals surface area contributed by atoms with Crippen LogP contribution in [0.1, 0.15) is 25.7 Å². The molecule has 0 aromatic carbocycles. The number of piperazine rings is 1.